The third kappa shape index (κ3) is 3.30. The highest BCUT2D eigenvalue weighted by Crippen LogP contribution is 2.31. The van der Waals surface area contributed by atoms with Crippen LogP contribution in [0.1, 0.15) is 30.8 Å². The van der Waals surface area contributed by atoms with Crippen LogP contribution in [-0.4, -0.2) is 22.0 Å². The average Bonchev–Trinajstić information content (AvgIpc) is 2.74. The summed E-state index contributed by atoms with van der Waals surface area (Å²) >= 11 is 3.60. The van der Waals surface area contributed by atoms with E-state index >= 15 is 0 Å². The molecule has 0 radical (unpaired) electrons. The fraction of sp³-hybridized carbons (Fsp3) is 0.438. The minimum absolute atomic E-state index is 0.489. The Morgan fingerprint density at radius 1 is 1.33 bits per heavy atom. The van der Waals surface area contributed by atoms with E-state index < -0.39 is 5.60 Å². The summed E-state index contributed by atoms with van der Waals surface area (Å²) in [5.74, 6) is 0.782. The van der Waals surface area contributed by atoms with Crippen molar-refractivity contribution in [1.29, 1.82) is 0 Å². The summed E-state index contributed by atoms with van der Waals surface area (Å²) in [7, 11) is 3.54. The van der Waals surface area contributed by atoms with Crippen molar-refractivity contribution in [1.82, 2.24) is 9.78 Å². The molecule has 0 saturated heterocycles. The van der Waals surface area contributed by atoms with E-state index in [4.69, 9.17) is 4.74 Å². The van der Waals surface area contributed by atoms with Gasteiger partial charge in [-0.25, -0.2) is 0 Å². The summed E-state index contributed by atoms with van der Waals surface area (Å²) in [6, 6.07) is 7.51. The molecule has 21 heavy (non-hydrogen) atoms. The predicted molar refractivity (Wildman–Crippen MR) is 86.6 cm³/mol. The van der Waals surface area contributed by atoms with Crippen LogP contribution < -0.4 is 4.74 Å². The van der Waals surface area contributed by atoms with Crippen molar-refractivity contribution in [3.8, 4) is 5.75 Å². The van der Waals surface area contributed by atoms with Crippen LogP contribution >= 0.6 is 15.9 Å². The predicted octanol–water partition coefficient (Wildman–Crippen LogP) is 3.20. The Balaban J connectivity index is 2.29. The Bertz CT molecular complexity index is 618. The number of ether oxygens (including phenoxy) is 1. The number of nitrogens with zero attached hydrogens (tertiary/aromatic N) is 2. The lowest BCUT2D eigenvalue weighted by atomic mass is 9.91. The first-order valence-corrected chi connectivity index (χ1v) is 7.75. The van der Waals surface area contributed by atoms with Gasteiger partial charge in [-0.05, 0) is 47.0 Å². The summed E-state index contributed by atoms with van der Waals surface area (Å²) in [5, 5.41) is 15.3. The molecule has 0 aliphatic rings. The number of hydrogen-bond donors (Lipinski definition) is 1. The van der Waals surface area contributed by atoms with Gasteiger partial charge in [0.2, 0.25) is 0 Å². The van der Waals surface area contributed by atoms with E-state index in [0.717, 1.165) is 33.6 Å². The van der Waals surface area contributed by atoms with E-state index in [9.17, 15) is 5.11 Å². The van der Waals surface area contributed by atoms with Gasteiger partial charge >= 0.3 is 0 Å². The van der Waals surface area contributed by atoms with E-state index in [1.165, 1.54) is 0 Å². The molecule has 0 spiro atoms. The molecule has 0 aliphatic heterocycles. The summed E-state index contributed by atoms with van der Waals surface area (Å²) in [6.45, 7) is 3.89. The van der Waals surface area contributed by atoms with E-state index in [-0.39, 0.29) is 0 Å². The quantitative estimate of drug-likeness (QED) is 0.898. The molecule has 1 unspecified atom stereocenters. The van der Waals surface area contributed by atoms with Gasteiger partial charge in [0.1, 0.15) is 5.75 Å². The molecule has 0 aliphatic carbocycles. The number of aryl methyl sites for hydroxylation is 2. The van der Waals surface area contributed by atoms with Crippen LogP contribution in [0.25, 0.3) is 0 Å². The van der Waals surface area contributed by atoms with Crippen molar-refractivity contribution < 1.29 is 9.84 Å². The van der Waals surface area contributed by atoms with Crippen LogP contribution in [0.3, 0.4) is 0 Å². The Morgan fingerprint density at radius 2 is 1.95 bits per heavy atom. The van der Waals surface area contributed by atoms with Gasteiger partial charge in [-0.1, -0.05) is 19.1 Å². The molecule has 0 amide bonds. The minimum atomic E-state index is -0.965. The molecule has 5 heteroatoms. The molecule has 2 rings (SSSR count). The van der Waals surface area contributed by atoms with Crippen molar-refractivity contribution in [3.63, 3.8) is 0 Å². The molecule has 4 nitrogen and oxygen atoms in total. The standard InChI is InChI=1S/C16H21BrN2O2/c1-5-13-15(17)14(19(3)18-13)10-16(2,20)11-6-8-12(21-4)9-7-11/h6-9,20H,5,10H2,1-4H3. The first-order chi connectivity index (χ1) is 9.89. The van der Waals surface area contributed by atoms with E-state index in [0.29, 0.717) is 6.42 Å². The zero-order chi connectivity index (χ0) is 15.6. The smallest absolute Gasteiger partial charge is 0.118 e. The number of rotatable bonds is 5. The zero-order valence-corrected chi connectivity index (χ0v) is 14.4. The molecule has 1 aromatic carbocycles. The third-order valence-electron chi connectivity index (χ3n) is 3.73. The van der Waals surface area contributed by atoms with Gasteiger partial charge in [-0.2, -0.15) is 5.10 Å². The second-order valence-corrected chi connectivity index (χ2v) is 6.16. The molecule has 2 aromatic rings. The van der Waals surface area contributed by atoms with E-state index in [1.807, 2.05) is 42.9 Å². The van der Waals surface area contributed by atoms with Crippen molar-refractivity contribution in [2.75, 3.05) is 7.11 Å². The van der Waals surface area contributed by atoms with Crippen molar-refractivity contribution in [2.24, 2.45) is 7.05 Å². The second-order valence-electron chi connectivity index (χ2n) is 5.36. The van der Waals surface area contributed by atoms with Crippen LogP contribution in [-0.2, 0) is 25.5 Å². The number of benzene rings is 1. The van der Waals surface area contributed by atoms with Crippen LogP contribution in [0.4, 0.5) is 0 Å². The Morgan fingerprint density at radius 3 is 2.43 bits per heavy atom. The number of methoxy groups -OCH3 is 1. The van der Waals surface area contributed by atoms with Crippen LogP contribution in [0.15, 0.2) is 28.7 Å². The molecule has 0 saturated carbocycles. The molecule has 114 valence electrons. The van der Waals surface area contributed by atoms with Gasteiger partial charge < -0.3 is 9.84 Å². The fourth-order valence-electron chi connectivity index (χ4n) is 2.39. The maximum Gasteiger partial charge on any atom is 0.118 e. The average molecular weight is 353 g/mol. The molecular formula is C16H21BrN2O2. The first-order valence-electron chi connectivity index (χ1n) is 6.96. The van der Waals surface area contributed by atoms with Crippen LogP contribution in [0.5, 0.6) is 5.75 Å². The Kier molecular flexibility index (Phi) is 4.74. The number of aliphatic hydroxyl groups is 1. The molecule has 1 aromatic heterocycles. The van der Waals surface area contributed by atoms with Crippen molar-refractivity contribution >= 4 is 15.9 Å². The van der Waals surface area contributed by atoms with Crippen LogP contribution in [0, 0.1) is 0 Å². The lowest BCUT2D eigenvalue weighted by Gasteiger charge is -2.24. The van der Waals surface area contributed by atoms with Gasteiger partial charge in [0, 0.05) is 13.5 Å². The van der Waals surface area contributed by atoms with Crippen molar-refractivity contribution in [2.45, 2.75) is 32.3 Å². The summed E-state index contributed by atoms with van der Waals surface area (Å²) in [4.78, 5) is 0. The maximum atomic E-state index is 10.8. The van der Waals surface area contributed by atoms with Gasteiger partial charge in [0.15, 0.2) is 0 Å². The Hall–Kier alpha value is -1.33. The lowest BCUT2D eigenvalue weighted by molar-refractivity contribution is 0.0554. The first kappa shape index (κ1) is 16.0. The lowest BCUT2D eigenvalue weighted by Crippen LogP contribution is -2.25. The second kappa shape index (κ2) is 6.20. The number of hydrogen-bond acceptors (Lipinski definition) is 3. The molecule has 0 fully saturated rings. The van der Waals surface area contributed by atoms with Gasteiger partial charge in [-0.3, -0.25) is 4.68 Å². The highest BCUT2D eigenvalue weighted by atomic mass is 79.9. The summed E-state index contributed by atoms with van der Waals surface area (Å²) in [5.41, 5.74) is 1.90. The van der Waals surface area contributed by atoms with Crippen molar-refractivity contribution in [3.05, 3.63) is 45.7 Å². The molecule has 0 bridgehead atoms. The molecule has 1 atom stereocenters. The van der Waals surface area contributed by atoms with Crippen LogP contribution in [0.2, 0.25) is 0 Å². The van der Waals surface area contributed by atoms with Gasteiger partial charge in [-0.15, -0.1) is 0 Å². The van der Waals surface area contributed by atoms with E-state index in [1.54, 1.807) is 7.11 Å². The highest BCUT2D eigenvalue weighted by molar-refractivity contribution is 9.10. The summed E-state index contributed by atoms with van der Waals surface area (Å²) < 4.78 is 7.97. The number of aromatic nitrogens is 2. The fourth-order valence-corrected chi connectivity index (χ4v) is 3.15. The molecular weight excluding hydrogens is 332 g/mol. The summed E-state index contributed by atoms with van der Waals surface area (Å²) in [6.07, 6.45) is 1.35. The number of halogens is 1. The normalized spacial score (nSPS) is 14.0. The van der Waals surface area contributed by atoms with Gasteiger partial charge in [0.25, 0.3) is 0 Å². The minimum Gasteiger partial charge on any atom is -0.497 e. The third-order valence-corrected chi connectivity index (χ3v) is 4.64. The topological polar surface area (TPSA) is 47.3 Å². The largest absolute Gasteiger partial charge is 0.497 e. The zero-order valence-electron chi connectivity index (χ0n) is 12.9. The molecule has 1 heterocycles. The maximum absolute atomic E-state index is 10.8. The highest BCUT2D eigenvalue weighted by Gasteiger charge is 2.27. The van der Waals surface area contributed by atoms with Gasteiger partial charge in [0.05, 0.1) is 28.6 Å². The Labute approximate surface area is 133 Å². The monoisotopic (exact) mass is 352 g/mol. The van der Waals surface area contributed by atoms with E-state index in [2.05, 4.69) is 28.0 Å². The molecule has 1 N–H and O–H groups in total. The SMILES string of the molecule is CCc1nn(C)c(CC(C)(O)c2ccc(OC)cc2)c1Br.